The molecule has 0 aliphatic heterocycles. The molecule has 2 rings (SSSR count). The van der Waals surface area contributed by atoms with E-state index < -0.39 is 5.54 Å². The first kappa shape index (κ1) is 15.9. The van der Waals surface area contributed by atoms with Crippen LogP contribution in [0.15, 0.2) is 46.9 Å². The maximum atomic E-state index is 6.54. The van der Waals surface area contributed by atoms with Gasteiger partial charge in [-0.3, -0.25) is 0 Å². The van der Waals surface area contributed by atoms with Gasteiger partial charge in [-0.15, -0.1) is 0 Å². The number of hydrogen-bond acceptors (Lipinski definition) is 3. The third-order valence-electron chi connectivity index (χ3n) is 3.53. The molecule has 0 saturated heterocycles. The summed E-state index contributed by atoms with van der Waals surface area (Å²) in [6.45, 7) is 2.02. The summed E-state index contributed by atoms with van der Waals surface area (Å²) in [5.74, 6) is 1.66. The fraction of sp³-hybridized carbons (Fsp3) is 0.294. The van der Waals surface area contributed by atoms with Crippen molar-refractivity contribution >= 4 is 15.9 Å². The molecule has 4 heteroatoms. The van der Waals surface area contributed by atoms with Crippen molar-refractivity contribution in [3.05, 3.63) is 58.1 Å². The molecule has 21 heavy (non-hydrogen) atoms. The molecule has 0 saturated carbocycles. The van der Waals surface area contributed by atoms with Crippen LogP contribution >= 0.6 is 15.9 Å². The van der Waals surface area contributed by atoms with Crippen LogP contribution in [0.2, 0.25) is 0 Å². The summed E-state index contributed by atoms with van der Waals surface area (Å²) >= 11 is 3.50. The Balaban J connectivity index is 2.34. The van der Waals surface area contributed by atoms with Crippen LogP contribution in [-0.2, 0) is 12.0 Å². The molecule has 0 aromatic heterocycles. The van der Waals surface area contributed by atoms with E-state index in [-0.39, 0.29) is 0 Å². The van der Waals surface area contributed by atoms with Crippen molar-refractivity contribution in [3.8, 4) is 11.5 Å². The fourth-order valence-electron chi connectivity index (χ4n) is 2.36. The predicted octanol–water partition coefficient (Wildman–Crippen LogP) is 3.88. The van der Waals surface area contributed by atoms with E-state index >= 15 is 0 Å². The molecular formula is C17H20BrNO2. The third kappa shape index (κ3) is 3.77. The Kier molecular flexibility index (Phi) is 4.91. The minimum absolute atomic E-state index is 0.511. The molecule has 2 aromatic carbocycles. The minimum Gasteiger partial charge on any atom is -0.497 e. The zero-order chi connectivity index (χ0) is 15.5. The first-order valence-corrected chi connectivity index (χ1v) is 7.51. The van der Waals surface area contributed by atoms with Gasteiger partial charge in [-0.1, -0.05) is 28.1 Å². The Morgan fingerprint density at radius 2 is 1.86 bits per heavy atom. The second kappa shape index (κ2) is 6.50. The first-order chi connectivity index (χ1) is 9.96. The smallest absolute Gasteiger partial charge is 0.122 e. The van der Waals surface area contributed by atoms with Crippen LogP contribution in [0.3, 0.4) is 0 Å². The molecule has 0 bridgehead atoms. The Morgan fingerprint density at radius 3 is 2.52 bits per heavy atom. The van der Waals surface area contributed by atoms with Crippen LogP contribution in [0.5, 0.6) is 11.5 Å². The van der Waals surface area contributed by atoms with E-state index in [2.05, 4.69) is 15.9 Å². The molecule has 0 amide bonds. The van der Waals surface area contributed by atoms with E-state index in [0.717, 1.165) is 27.1 Å². The average molecular weight is 350 g/mol. The molecule has 0 fully saturated rings. The molecule has 0 radical (unpaired) electrons. The average Bonchev–Trinajstić information content (AvgIpc) is 2.47. The molecule has 0 aliphatic rings. The SMILES string of the molecule is COc1cccc(C(C)(N)Cc2cc(Br)ccc2OC)c1. The normalized spacial score (nSPS) is 13.6. The second-order valence-electron chi connectivity index (χ2n) is 5.28. The van der Waals surface area contributed by atoms with Crippen molar-refractivity contribution < 1.29 is 9.47 Å². The minimum atomic E-state index is -0.511. The van der Waals surface area contributed by atoms with Crippen molar-refractivity contribution in [2.75, 3.05) is 14.2 Å². The van der Waals surface area contributed by atoms with E-state index in [9.17, 15) is 0 Å². The van der Waals surface area contributed by atoms with Crippen LogP contribution in [0, 0.1) is 0 Å². The summed E-state index contributed by atoms with van der Waals surface area (Å²) in [7, 11) is 3.33. The monoisotopic (exact) mass is 349 g/mol. The molecule has 1 atom stereocenters. The largest absolute Gasteiger partial charge is 0.497 e. The van der Waals surface area contributed by atoms with Crippen LogP contribution in [0.1, 0.15) is 18.1 Å². The summed E-state index contributed by atoms with van der Waals surface area (Å²) < 4.78 is 11.7. The third-order valence-corrected chi connectivity index (χ3v) is 4.02. The van der Waals surface area contributed by atoms with Gasteiger partial charge in [-0.05, 0) is 54.8 Å². The van der Waals surface area contributed by atoms with Gasteiger partial charge >= 0.3 is 0 Å². The second-order valence-corrected chi connectivity index (χ2v) is 6.20. The molecule has 0 aliphatic carbocycles. The number of methoxy groups -OCH3 is 2. The number of ether oxygens (including phenoxy) is 2. The number of rotatable bonds is 5. The number of hydrogen-bond donors (Lipinski definition) is 1. The molecule has 0 heterocycles. The van der Waals surface area contributed by atoms with Crippen molar-refractivity contribution in [3.63, 3.8) is 0 Å². The van der Waals surface area contributed by atoms with E-state index in [1.165, 1.54) is 0 Å². The van der Waals surface area contributed by atoms with E-state index in [1.54, 1.807) is 14.2 Å². The Labute approximate surface area is 134 Å². The highest BCUT2D eigenvalue weighted by Gasteiger charge is 2.24. The van der Waals surface area contributed by atoms with E-state index in [0.29, 0.717) is 6.42 Å². The molecule has 2 aromatic rings. The molecule has 112 valence electrons. The van der Waals surface area contributed by atoms with Crippen molar-refractivity contribution in [1.29, 1.82) is 0 Å². The van der Waals surface area contributed by atoms with Crippen LogP contribution in [0.25, 0.3) is 0 Å². The van der Waals surface area contributed by atoms with Gasteiger partial charge in [0.2, 0.25) is 0 Å². The van der Waals surface area contributed by atoms with Crippen LogP contribution in [0.4, 0.5) is 0 Å². The van der Waals surface area contributed by atoms with Crippen molar-refractivity contribution in [2.45, 2.75) is 18.9 Å². The summed E-state index contributed by atoms with van der Waals surface area (Å²) in [6.07, 6.45) is 0.669. The molecule has 3 nitrogen and oxygen atoms in total. The summed E-state index contributed by atoms with van der Waals surface area (Å²) in [5, 5.41) is 0. The summed E-state index contributed by atoms with van der Waals surface area (Å²) in [4.78, 5) is 0. The van der Waals surface area contributed by atoms with Crippen LogP contribution < -0.4 is 15.2 Å². The Morgan fingerprint density at radius 1 is 1.10 bits per heavy atom. The molecule has 0 spiro atoms. The maximum absolute atomic E-state index is 6.54. The van der Waals surface area contributed by atoms with Crippen LogP contribution in [-0.4, -0.2) is 14.2 Å². The molecule has 1 unspecified atom stereocenters. The van der Waals surface area contributed by atoms with Gasteiger partial charge in [-0.2, -0.15) is 0 Å². The topological polar surface area (TPSA) is 44.5 Å². The van der Waals surface area contributed by atoms with Gasteiger partial charge in [0.05, 0.1) is 14.2 Å². The van der Waals surface area contributed by atoms with Crippen molar-refractivity contribution in [1.82, 2.24) is 0 Å². The van der Waals surface area contributed by atoms with Gasteiger partial charge in [0.25, 0.3) is 0 Å². The highest BCUT2D eigenvalue weighted by Crippen LogP contribution is 2.31. The molecular weight excluding hydrogens is 330 g/mol. The zero-order valence-electron chi connectivity index (χ0n) is 12.5. The van der Waals surface area contributed by atoms with Gasteiger partial charge in [0.15, 0.2) is 0 Å². The Hall–Kier alpha value is -1.52. The summed E-state index contributed by atoms with van der Waals surface area (Å²) in [5.41, 5.74) is 8.13. The van der Waals surface area contributed by atoms with E-state index in [1.807, 2.05) is 49.4 Å². The van der Waals surface area contributed by atoms with Gasteiger partial charge in [-0.25, -0.2) is 0 Å². The summed E-state index contributed by atoms with van der Waals surface area (Å²) in [6, 6.07) is 13.8. The zero-order valence-corrected chi connectivity index (χ0v) is 14.1. The highest BCUT2D eigenvalue weighted by molar-refractivity contribution is 9.10. The highest BCUT2D eigenvalue weighted by atomic mass is 79.9. The van der Waals surface area contributed by atoms with Gasteiger partial charge in [0, 0.05) is 10.0 Å². The first-order valence-electron chi connectivity index (χ1n) is 6.72. The lowest BCUT2D eigenvalue weighted by atomic mass is 9.86. The number of nitrogens with two attached hydrogens (primary N) is 1. The standard InChI is InChI=1S/C17H20BrNO2/c1-17(19,13-5-4-6-15(10-13)20-2)11-12-9-14(18)7-8-16(12)21-3/h4-10H,11,19H2,1-3H3. The fourth-order valence-corrected chi connectivity index (χ4v) is 2.77. The van der Waals surface area contributed by atoms with Gasteiger partial charge in [0.1, 0.15) is 11.5 Å². The van der Waals surface area contributed by atoms with E-state index in [4.69, 9.17) is 15.2 Å². The lowest BCUT2D eigenvalue weighted by Crippen LogP contribution is -2.35. The number of halogens is 1. The Bertz CT molecular complexity index is 626. The lowest BCUT2D eigenvalue weighted by molar-refractivity contribution is 0.397. The molecule has 2 N–H and O–H groups in total. The maximum Gasteiger partial charge on any atom is 0.122 e. The van der Waals surface area contributed by atoms with Crippen molar-refractivity contribution in [2.24, 2.45) is 5.73 Å². The predicted molar refractivity (Wildman–Crippen MR) is 88.9 cm³/mol. The van der Waals surface area contributed by atoms with Gasteiger partial charge < -0.3 is 15.2 Å². The quantitative estimate of drug-likeness (QED) is 0.890. The lowest BCUT2D eigenvalue weighted by Gasteiger charge is -2.26. The number of benzene rings is 2.